The number of ether oxygens (including phenoxy) is 1. The number of nitrogens with zero attached hydrogens (tertiary/aromatic N) is 1. The SMILES string of the molecule is O=C1CO[C@H]2CN(Cc3ccc(C(=O)O)cc3)C[C@H]2N1. The number of hydrogen-bond donors (Lipinski definition) is 2. The number of fused-ring (bicyclic) bond motifs is 1. The van der Waals surface area contributed by atoms with Gasteiger partial charge in [-0.25, -0.2) is 4.79 Å². The maximum atomic E-state index is 11.3. The number of hydrogen-bond acceptors (Lipinski definition) is 4. The van der Waals surface area contributed by atoms with E-state index in [2.05, 4.69) is 10.2 Å². The van der Waals surface area contributed by atoms with Gasteiger partial charge in [0.25, 0.3) is 0 Å². The summed E-state index contributed by atoms with van der Waals surface area (Å²) in [6.45, 7) is 2.41. The molecule has 2 atom stereocenters. The lowest BCUT2D eigenvalue weighted by Crippen LogP contribution is -2.50. The first-order chi connectivity index (χ1) is 9.61. The van der Waals surface area contributed by atoms with Crippen molar-refractivity contribution < 1.29 is 19.4 Å². The van der Waals surface area contributed by atoms with Crippen LogP contribution in [0.15, 0.2) is 24.3 Å². The lowest BCUT2D eigenvalue weighted by Gasteiger charge is -2.25. The molecule has 2 heterocycles. The van der Waals surface area contributed by atoms with E-state index < -0.39 is 5.97 Å². The number of aromatic carboxylic acids is 1. The number of carboxylic acid groups (broad SMARTS) is 1. The van der Waals surface area contributed by atoms with E-state index in [0.717, 1.165) is 25.2 Å². The molecule has 0 spiro atoms. The molecule has 0 aliphatic carbocycles. The Balaban J connectivity index is 1.61. The molecular weight excluding hydrogens is 260 g/mol. The third kappa shape index (κ3) is 2.66. The van der Waals surface area contributed by atoms with Crippen molar-refractivity contribution in [3.8, 4) is 0 Å². The maximum absolute atomic E-state index is 11.3. The first-order valence-electron chi connectivity index (χ1n) is 6.57. The Bertz CT molecular complexity index is 528. The zero-order valence-electron chi connectivity index (χ0n) is 10.9. The Labute approximate surface area is 116 Å². The Morgan fingerprint density at radius 3 is 2.80 bits per heavy atom. The van der Waals surface area contributed by atoms with E-state index in [0.29, 0.717) is 5.56 Å². The average molecular weight is 276 g/mol. The minimum atomic E-state index is -0.917. The molecule has 6 nitrogen and oxygen atoms in total. The van der Waals surface area contributed by atoms with Gasteiger partial charge in [0.15, 0.2) is 0 Å². The molecule has 20 heavy (non-hydrogen) atoms. The number of carbonyl (C=O) groups excluding carboxylic acids is 1. The first-order valence-corrected chi connectivity index (χ1v) is 6.57. The van der Waals surface area contributed by atoms with Crippen LogP contribution in [0.5, 0.6) is 0 Å². The highest BCUT2D eigenvalue weighted by molar-refractivity contribution is 5.87. The van der Waals surface area contributed by atoms with E-state index >= 15 is 0 Å². The Hall–Kier alpha value is -1.92. The number of benzene rings is 1. The van der Waals surface area contributed by atoms with Crippen molar-refractivity contribution in [1.82, 2.24) is 10.2 Å². The molecule has 2 saturated heterocycles. The zero-order valence-corrected chi connectivity index (χ0v) is 10.9. The van der Waals surface area contributed by atoms with Gasteiger partial charge in [-0.15, -0.1) is 0 Å². The van der Waals surface area contributed by atoms with Crippen LogP contribution in [0.25, 0.3) is 0 Å². The second-order valence-corrected chi connectivity index (χ2v) is 5.22. The first kappa shape index (κ1) is 13.1. The molecule has 1 aromatic carbocycles. The molecule has 6 heteroatoms. The molecule has 0 aromatic heterocycles. The van der Waals surface area contributed by atoms with Gasteiger partial charge >= 0.3 is 5.97 Å². The fraction of sp³-hybridized carbons (Fsp3) is 0.429. The van der Waals surface area contributed by atoms with Crippen LogP contribution in [-0.2, 0) is 16.1 Å². The highest BCUT2D eigenvalue weighted by Gasteiger charge is 2.37. The van der Waals surface area contributed by atoms with Gasteiger partial charge in [0, 0.05) is 19.6 Å². The standard InChI is InChI=1S/C14H16N2O4/c17-13-8-20-12-7-16(6-11(12)15-13)5-9-1-3-10(4-2-9)14(18)19/h1-4,11-12H,5-8H2,(H,15,17)(H,18,19)/t11-,12+/m1/s1. The van der Waals surface area contributed by atoms with Crippen LogP contribution >= 0.6 is 0 Å². The minimum absolute atomic E-state index is 0.0566. The third-order valence-electron chi connectivity index (χ3n) is 3.72. The van der Waals surface area contributed by atoms with E-state index in [1.165, 1.54) is 0 Å². The van der Waals surface area contributed by atoms with Crippen LogP contribution in [-0.4, -0.2) is 53.7 Å². The normalized spacial score (nSPS) is 26.1. The molecule has 2 N–H and O–H groups in total. The van der Waals surface area contributed by atoms with Gasteiger partial charge in [-0.2, -0.15) is 0 Å². The molecule has 1 amide bonds. The molecule has 0 bridgehead atoms. The quantitative estimate of drug-likeness (QED) is 0.817. The third-order valence-corrected chi connectivity index (χ3v) is 3.72. The van der Waals surface area contributed by atoms with Crippen molar-refractivity contribution >= 4 is 11.9 Å². The van der Waals surface area contributed by atoms with Gasteiger partial charge in [-0.1, -0.05) is 12.1 Å². The molecule has 1 aromatic rings. The predicted octanol–water partition coefficient (Wildman–Crippen LogP) is 0.0840. The molecule has 2 aliphatic heterocycles. The van der Waals surface area contributed by atoms with Crippen LogP contribution < -0.4 is 5.32 Å². The summed E-state index contributed by atoms with van der Waals surface area (Å²) < 4.78 is 5.50. The lowest BCUT2D eigenvalue weighted by molar-refractivity contribution is -0.134. The van der Waals surface area contributed by atoms with Gasteiger partial charge in [0.2, 0.25) is 5.91 Å². The largest absolute Gasteiger partial charge is 0.478 e. The van der Waals surface area contributed by atoms with Crippen LogP contribution in [0.3, 0.4) is 0 Å². The highest BCUT2D eigenvalue weighted by Crippen LogP contribution is 2.19. The summed E-state index contributed by atoms with van der Waals surface area (Å²) in [5.41, 5.74) is 1.35. The summed E-state index contributed by atoms with van der Waals surface area (Å²) in [4.78, 5) is 24.3. The van der Waals surface area contributed by atoms with Crippen LogP contribution in [0.2, 0.25) is 0 Å². The molecule has 3 rings (SSSR count). The van der Waals surface area contributed by atoms with E-state index in [9.17, 15) is 9.59 Å². The zero-order chi connectivity index (χ0) is 14.1. The average Bonchev–Trinajstić information content (AvgIpc) is 2.80. The molecular formula is C14H16N2O4. The molecule has 106 valence electrons. The molecule has 2 fully saturated rings. The van der Waals surface area contributed by atoms with Crippen LogP contribution in [0.4, 0.5) is 0 Å². The summed E-state index contributed by atoms with van der Waals surface area (Å²) in [6, 6.07) is 6.93. The summed E-state index contributed by atoms with van der Waals surface area (Å²) in [6.07, 6.45) is 0.0611. The second kappa shape index (κ2) is 5.22. The van der Waals surface area contributed by atoms with Crippen molar-refractivity contribution in [2.24, 2.45) is 0 Å². The van der Waals surface area contributed by atoms with Gasteiger partial charge < -0.3 is 15.2 Å². The summed E-state index contributed by atoms with van der Waals surface area (Å²) in [5, 5.41) is 11.8. The van der Waals surface area contributed by atoms with Crippen molar-refractivity contribution in [3.63, 3.8) is 0 Å². The van der Waals surface area contributed by atoms with Crippen molar-refractivity contribution in [3.05, 3.63) is 35.4 Å². The van der Waals surface area contributed by atoms with Gasteiger partial charge in [-0.3, -0.25) is 9.69 Å². The predicted molar refractivity (Wildman–Crippen MR) is 70.3 cm³/mol. The van der Waals surface area contributed by atoms with Crippen LogP contribution in [0.1, 0.15) is 15.9 Å². The molecule has 0 unspecified atom stereocenters. The number of amides is 1. The van der Waals surface area contributed by atoms with Gasteiger partial charge in [0.1, 0.15) is 6.61 Å². The van der Waals surface area contributed by atoms with E-state index in [-0.39, 0.29) is 24.7 Å². The molecule has 0 radical (unpaired) electrons. The number of carbonyl (C=O) groups is 2. The van der Waals surface area contributed by atoms with E-state index in [1.54, 1.807) is 12.1 Å². The van der Waals surface area contributed by atoms with Crippen molar-refractivity contribution in [2.45, 2.75) is 18.7 Å². The van der Waals surface area contributed by atoms with Gasteiger partial charge in [-0.05, 0) is 17.7 Å². The Morgan fingerprint density at radius 2 is 2.10 bits per heavy atom. The highest BCUT2D eigenvalue weighted by atomic mass is 16.5. The van der Waals surface area contributed by atoms with Gasteiger partial charge in [0.05, 0.1) is 17.7 Å². The molecule has 0 saturated carbocycles. The van der Waals surface area contributed by atoms with Crippen molar-refractivity contribution in [1.29, 1.82) is 0 Å². The lowest BCUT2D eigenvalue weighted by atomic mass is 10.1. The fourth-order valence-electron chi connectivity index (χ4n) is 2.73. The fourth-order valence-corrected chi connectivity index (χ4v) is 2.73. The second-order valence-electron chi connectivity index (χ2n) is 5.22. The smallest absolute Gasteiger partial charge is 0.335 e. The number of morpholine rings is 1. The summed E-state index contributed by atoms with van der Waals surface area (Å²) in [7, 11) is 0. The topological polar surface area (TPSA) is 78.9 Å². The maximum Gasteiger partial charge on any atom is 0.335 e. The minimum Gasteiger partial charge on any atom is -0.478 e. The monoisotopic (exact) mass is 276 g/mol. The number of rotatable bonds is 3. The number of likely N-dealkylation sites (tertiary alicyclic amines) is 1. The summed E-state index contributed by atoms with van der Waals surface area (Å²) >= 11 is 0. The van der Waals surface area contributed by atoms with Crippen LogP contribution in [0, 0.1) is 0 Å². The number of carboxylic acids is 1. The Morgan fingerprint density at radius 1 is 1.35 bits per heavy atom. The number of nitrogens with one attached hydrogen (secondary N) is 1. The van der Waals surface area contributed by atoms with Crippen molar-refractivity contribution in [2.75, 3.05) is 19.7 Å². The summed E-state index contributed by atoms with van der Waals surface area (Å²) in [5.74, 6) is -0.973. The van der Waals surface area contributed by atoms with E-state index in [1.807, 2.05) is 12.1 Å². The molecule has 2 aliphatic rings. The Kier molecular flexibility index (Phi) is 3.42. The van der Waals surface area contributed by atoms with E-state index in [4.69, 9.17) is 9.84 Å².